The van der Waals surface area contributed by atoms with Crippen LogP contribution in [0.15, 0.2) is 24.5 Å². The normalized spacial score (nSPS) is 14.2. The average Bonchev–Trinajstić information content (AvgIpc) is 3.30. The number of hydrogen-bond donors (Lipinski definition) is 1. The molecule has 3 rings (SSSR count). The summed E-state index contributed by atoms with van der Waals surface area (Å²) in [7, 11) is 0. The molecule has 2 aromatic rings. The molecule has 0 amide bonds. The third-order valence-electron chi connectivity index (χ3n) is 3.89. The summed E-state index contributed by atoms with van der Waals surface area (Å²) in [5.74, 6) is 1.44. The van der Waals surface area contributed by atoms with Crippen LogP contribution in [0.3, 0.4) is 0 Å². The predicted octanol–water partition coefficient (Wildman–Crippen LogP) is 3.45. The lowest BCUT2D eigenvalue weighted by Crippen LogP contribution is -2.16. The molecule has 1 aromatic carbocycles. The van der Waals surface area contributed by atoms with Gasteiger partial charge >= 0.3 is 0 Å². The van der Waals surface area contributed by atoms with Crippen LogP contribution in [-0.4, -0.2) is 16.0 Å². The van der Waals surface area contributed by atoms with Crippen molar-refractivity contribution in [2.24, 2.45) is 0 Å². The van der Waals surface area contributed by atoms with Crippen LogP contribution in [0.25, 0.3) is 0 Å². The molecular weight excluding hydrogens is 262 g/mol. The standard InChI is InChI=1S/C17H21N3O/c1-11-4-5-12(2)17(13(11)3)21-16-10-18-8-15(20-16)9-19-14-6-7-14/h4-5,8,10,14,19H,6-7,9H2,1-3H3. The smallest absolute Gasteiger partial charge is 0.238 e. The second kappa shape index (κ2) is 5.82. The number of aryl methyl sites for hydroxylation is 2. The highest BCUT2D eigenvalue weighted by molar-refractivity contribution is 5.46. The number of nitrogens with one attached hydrogen (secondary N) is 1. The van der Waals surface area contributed by atoms with E-state index in [-0.39, 0.29) is 0 Å². The lowest BCUT2D eigenvalue weighted by Gasteiger charge is -2.13. The summed E-state index contributed by atoms with van der Waals surface area (Å²) in [5, 5.41) is 3.44. The molecule has 0 bridgehead atoms. The minimum absolute atomic E-state index is 0.557. The Labute approximate surface area is 125 Å². The molecule has 21 heavy (non-hydrogen) atoms. The highest BCUT2D eigenvalue weighted by atomic mass is 16.5. The number of benzene rings is 1. The van der Waals surface area contributed by atoms with Gasteiger partial charge in [-0.1, -0.05) is 12.1 Å². The molecule has 1 fully saturated rings. The molecule has 1 saturated carbocycles. The minimum atomic E-state index is 0.557. The average molecular weight is 283 g/mol. The van der Waals surface area contributed by atoms with E-state index >= 15 is 0 Å². The van der Waals surface area contributed by atoms with Crippen molar-refractivity contribution in [3.8, 4) is 11.6 Å². The SMILES string of the molecule is Cc1ccc(C)c(Oc2cncc(CNC3CC3)n2)c1C. The van der Waals surface area contributed by atoms with Crippen LogP contribution in [0.2, 0.25) is 0 Å². The van der Waals surface area contributed by atoms with Gasteiger partial charge in [-0.05, 0) is 50.3 Å². The van der Waals surface area contributed by atoms with Crippen LogP contribution in [0.4, 0.5) is 0 Å². The van der Waals surface area contributed by atoms with Gasteiger partial charge in [-0.15, -0.1) is 0 Å². The molecule has 0 unspecified atom stereocenters. The van der Waals surface area contributed by atoms with Gasteiger partial charge in [0, 0.05) is 18.8 Å². The van der Waals surface area contributed by atoms with Crippen LogP contribution >= 0.6 is 0 Å². The van der Waals surface area contributed by atoms with E-state index in [1.165, 1.54) is 18.4 Å². The quantitative estimate of drug-likeness (QED) is 0.913. The van der Waals surface area contributed by atoms with Crippen molar-refractivity contribution >= 4 is 0 Å². The van der Waals surface area contributed by atoms with E-state index in [0.29, 0.717) is 11.9 Å². The van der Waals surface area contributed by atoms with Gasteiger partial charge in [0.2, 0.25) is 5.88 Å². The first kappa shape index (κ1) is 14.0. The number of hydrogen-bond acceptors (Lipinski definition) is 4. The van der Waals surface area contributed by atoms with E-state index < -0.39 is 0 Å². The summed E-state index contributed by atoms with van der Waals surface area (Å²) in [5.41, 5.74) is 4.40. The first-order valence-electron chi connectivity index (χ1n) is 7.42. The third-order valence-corrected chi connectivity index (χ3v) is 3.89. The Hall–Kier alpha value is -1.94. The van der Waals surface area contributed by atoms with Gasteiger partial charge in [0.05, 0.1) is 11.9 Å². The summed E-state index contributed by atoms with van der Waals surface area (Å²) >= 11 is 0. The Morgan fingerprint density at radius 3 is 2.67 bits per heavy atom. The monoisotopic (exact) mass is 283 g/mol. The molecule has 0 spiro atoms. The Morgan fingerprint density at radius 2 is 1.90 bits per heavy atom. The summed E-state index contributed by atoms with van der Waals surface area (Å²) in [6, 6.07) is 4.85. The minimum Gasteiger partial charge on any atom is -0.437 e. The van der Waals surface area contributed by atoms with E-state index in [1.807, 2.05) is 6.92 Å². The molecule has 1 N–H and O–H groups in total. The fourth-order valence-corrected chi connectivity index (χ4v) is 2.24. The first-order chi connectivity index (χ1) is 10.1. The zero-order valence-corrected chi connectivity index (χ0v) is 12.8. The van der Waals surface area contributed by atoms with Gasteiger partial charge in [0.25, 0.3) is 0 Å². The van der Waals surface area contributed by atoms with Gasteiger partial charge in [-0.3, -0.25) is 4.98 Å². The molecular formula is C17H21N3O. The van der Waals surface area contributed by atoms with E-state index in [2.05, 4.69) is 41.3 Å². The van der Waals surface area contributed by atoms with Crippen LogP contribution in [0, 0.1) is 20.8 Å². The molecule has 4 nitrogen and oxygen atoms in total. The van der Waals surface area contributed by atoms with E-state index in [9.17, 15) is 0 Å². The van der Waals surface area contributed by atoms with Crippen molar-refractivity contribution in [2.75, 3.05) is 0 Å². The lowest BCUT2D eigenvalue weighted by atomic mass is 10.1. The summed E-state index contributed by atoms with van der Waals surface area (Å²) in [4.78, 5) is 8.77. The van der Waals surface area contributed by atoms with Crippen molar-refractivity contribution < 1.29 is 4.74 Å². The molecule has 1 aromatic heterocycles. The topological polar surface area (TPSA) is 47.0 Å². The molecule has 1 aliphatic carbocycles. The van der Waals surface area contributed by atoms with E-state index in [4.69, 9.17) is 4.74 Å². The van der Waals surface area contributed by atoms with Gasteiger partial charge in [0.1, 0.15) is 5.75 Å². The fraction of sp³-hybridized carbons (Fsp3) is 0.412. The van der Waals surface area contributed by atoms with Gasteiger partial charge in [-0.2, -0.15) is 0 Å². The second-order valence-electron chi connectivity index (χ2n) is 5.76. The van der Waals surface area contributed by atoms with Gasteiger partial charge < -0.3 is 10.1 Å². The fourth-order valence-electron chi connectivity index (χ4n) is 2.24. The van der Waals surface area contributed by atoms with Crippen molar-refractivity contribution in [3.63, 3.8) is 0 Å². The van der Waals surface area contributed by atoms with Crippen molar-refractivity contribution in [1.82, 2.24) is 15.3 Å². The lowest BCUT2D eigenvalue weighted by molar-refractivity contribution is 0.449. The molecule has 0 saturated heterocycles. The molecule has 1 heterocycles. The Kier molecular flexibility index (Phi) is 3.88. The highest BCUT2D eigenvalue weighted by Crippen LogP contribution is 2.29. The van der Waals surface area contributed by atoms with Crippen LogP contribution in [-0.2, 0) is 6.54 Å². The largest absolute Gasteiger partial charge is 0.437 e. The number of aromatic nitrogens is 2. The molecule has 4 heteroatoms. The Balaban J connectivity index is 1.78. The molecule has 1 aliphatic rings. The van der Waals surface area contributed by atoms with Crippen LogP contribution in [0.1, 0.15) is 35.2 Å². The zero-order valence-electron chi connectivity index (χ0n) is 12.8. The van der Waals surface area contributed by atoms with Crippen LogP contribution < -0.4 is 10.1 Å². The molecule has 0 radical (unpaired) electrons. The zero-order chi connectivity index (χ0) is 14.8. The predicted molar refractivity (Wildman–Crippen MR) is 82.6 cm³/mol. The number of ether oxygens (including phenoxy) is 1. The van der Waals surface area contributed by atoms with Crippen molar-refractivity contribution in [3.05, 3.63) is 46.9 Å². The van der Waals surface area contributed by atoms with E-state index in [0.717, 1.165) is 29.1 Å². The summed E-state index contributed by atoms with van der Waals surface area (Å²) in [6.45, 7) is 6.96. The summed E-state index contributed by atoms with van der Waals surface area (Å²) < 4.78 is 5.98. The molecule has 0 atom stereocenters. The Bertz CT molecular complexity index is 650. The third kappa shape index (κ3) is 3.39. The molecule has 110 valence electrons. The van der Waals surface area contributed by atoms with E-state index in [1.54, 1.807) is 12.4 Å². The van der Waals surface area contributed by atoms with Crippen LogP contribution in [0.5, 0.6) is 11.6 Å². The Morgan fingerprint density at radius 1 is 1.14 bits per heavy atom. The van der Waals surface area contributed by atoms with Crippen molar-refractivity contribution in [1.29, 1.82) is 0 Å². The maximum absolute atomic E-state index is 5.98. The van der Waals surface area contributed by atoms with Crippen molar-refractivity contribution in [2.45, 2.75) is 46.2 Å². The first-order valence-corrected chi connectivity index (χ1v) is 7.42. The number of nitrogens with zero attached hydrogens (tertiary/aromatic N) is 2. The highest BCUT2D eigenvalue weighted by Gasteiger charge is 2.20. The summed E-state index contributed by atoms with van der Waals surface area (Å²) in [6.07, 6.45) is 6.00. The molecule has 0 aliphatic heterocycles. The maximum Gasteiger partial charge on any atom is 0.238 e. The maximum atomic E-state index is 5.98. The van der Waals surface area contributed by atoms with Gasteiger partial charge in [-0.25, -0.2) is 4.98 Å². The second-order valence-corrected chi connectivity index (χ2v) is 5.76. The number of rotatable bonds is 5. The van der Waals surface area contributed by atoms with Gasteiger partial charge in [0.15, 0.2) is 0 Å².